The SMILES string of the molecule is CCCCSc1nnc2c(n1)O[C@@H](c1ccc([N+](=O)[O-])cc1)Nc1ccccc1-2. The highest BCUT2D eigenvalue weighted by Gasteiger charge is 2.26. The number of ether oxygens (including phenoxy) is 1. The molecule has 29 heavy (non-hydrogen) atoms. The van der Waals surface area contributed by atoms with Gasteiger partial charge in [0.15, 0.2) is 11.9 Å². The van der Waals surface area contributed by atoms with Gasteiger partial charge in [-0.15, -0.1) is 10.2 Å². The Morgan fingerprint density at radius 2 is 1.97 bits per heavy atom. The predicted octanol–water partition coefficient (Wildman–Crippen LogP) is 4.84. The van der Waals surface area contributed by atoms with Gasteiger partial charge in [0.25, 0.3) is 5.69 Å². The van der Waals surface area contributed by atoms with E-state index in [0.29, 0.717) is 16.7 Å². The monoisotopic (exact) mass is 409 g/mol. The first kappa shape index (κ1) is 19.1. The Kier molecular flexibility index (Phi) is 5.57. The highest BCUT2D eigenvalue weighted by molar-refractivity contribution is 7.99. The predicted molar refractivity (Wildman–Crippen MR) is 111 cm³/mol. The molecule has 1 atom stereocenters. The molecule has 2 heterocycles. The second-order valence-electron chi connectivity index (χ2n) is 6.49. The average Bonchev–Trinajstić information content (AvgIpc) is 2.90. The van der Waals surface area contributed by atoms with E-state index in [2.05, 4.69) is 27.4 Å². The Labute approximate surface area is 171 Å². The summed E-state index contributed by atoms with van der Waals surface area (Å²) in [6.45, 7) is 2.14. The van der Waals surface area contributed by atoms with Crippen LogP contribution in [0.15, 0.2) is 53.7 Å². The lowest BCUT2D eigenvalue weighted by atomic mass is 10.1. The number of nitrogens with one attached hydrogen (secondary N) is 1. The summed E-state index contributed by atoms with van der Waals surface area (Å²) in [5, 5.41) is 23.5. The molecule has 0 amide bonds. The van der Waals surface area contributed by atoms with Crippen LogP contribution in [0.2, 0.25) is 0 Å². The Bertz CT molecular complexity index is 1030. The van der Waals surface area contributed by atoms with Crippen LogP contribution < -0.4 is 10.1 Å². The fraction of sp³-hybridized carbons (Fsp3) is 0.250. The summed E-state index contributed by atoms with van der Waals surface area (Å²) < 4.78 is 6.16. The number of aromatic nitrogens is 3. The van der Waals surface area contributed by atoms with Crippen molar-refractivity contribution in [3.05, 3.63) is 64.2 Å². The molecule has 0 radical (unpaired) electrons. The molecule has 0 spiro atoms. The molecule has 8 nitrogen and oxygen atoms in total. The van der Waals surface area contributed by atoms with Gasteiger partial charge in [-0.25, -0.2) is 0 Å². The molecule has 3 aromatic rings. The summed E-state index contributed by atoms with van der Waals surface area (Å²) in [7, 11) is 0. The normalized spacial score (nSPS) is 14.7. The van der Waals surface area contributed by atoms with Crippen molar-refractivity contribution >= 4 is 23.1 Å². The molecule has 1 aromatic heterocycles. The number of non-ortho nitro benzene ring substituents is 1. The van der Waals surface area contributed by atoms with Crippen molar-refractivity contribution in [2.24, 2.45) is 0 Å². The summed E-state index contributed by atoms with van der Waals surface area (Å²) >= 11 is 1.55. The van der Waals surface area contributed by atoms with Crippen LogP contribution in [0.5, 0.6) is 5.88 Å². The number of nitro groups is 1. The average molecular weight is 409 g/mol. The maximum Gasteiger partial charge on any atom is 0.269 e. The summed E-state index contributed by atoms with van der Waals surface area (Å²) in [6, 6.07) is 14.0. The Hall–Kier alpha value is -3.20. The van der Waals surface area contributed by atoms with E-state index in [4.69, 9.17) is 4.74 Å². The van der Waals surface area contributed by atoms with Gasteiger partial charge in [0.2, 0.25) is 11.0 Å². The number of hydrogen-bond donors (Lipinski definition) is 1. The van der Waals surface area contributed by atoms with Crippen LogP contribution >= 0.6 is 11.8 Å². The molecule has 4 rings (SSSR count). The minimum Gasteiger partial charge on any atom is -0.448 e. The highest BCUT2D eigenvalue weighted by atomic mass is 32.2. The Morgan fingerprint density at radius 1 is 1.17 bits per heavy atom. The third-order valence-corrected chi connectivity index (χ3v) is 5.39. The summed E-state index contributed by atoms with van der Waals surface area (Å²) in [4.78, 5) is 15.1. The molecule has 1 N–H and O–H groups in total. The number of benzene rings is 2. The van der Waals surface area contributed by atoms with E-state index in [0.717, 1.165) is 35.4 Å². The first-order valence-corrected chi connectivity index (χ1v) is 10.3. The van der Waals surface area contributed by atoms with Crippen molar-refractivity contribution in [3.8, 4) is 17.1 Å². The lowest BCUT2D eigenvalue weighted by Gasteiger charge is -2.19. The fourth-order valence-electron chi connectivity index (χ4n) is 2.94. The molecule has 1 aliphatic heterocycles. The summed E-state index contributed by atoms with van der Waals surface area (Å²) in [6.07, 6.45) is 1.60. The number of unbranched alkanes of at least 4 members (excludes halogenated alkanes) is 1. The van der Waals surface area contributed by atoms with E-state index in [9.17, 15) is 10.1 Å². The lowest BCUT2D eigenvalue weighted by Crippen LogP contribution is -2.17. The zero-order valence-electron chi connectivity index (χ0n) is 15.7. The summed E-state index contributed by atoms with van der Waals surface area (Å²) in [5.41, 5.74) is 3.02. The van der Waals surface area contributed by atoms with Gasteiger partial charge < -0.3 is 10.1 Å². The van der Waals surface area contributed by atoms with Crippen LogP contribution in [-0.2, 0) is 0 Å². The van der Waals surface area contributed by atoms with Crippen molar-refractivity contribution in [1.82, 2.24) is 15.2 Å². The summed E-state index contributed by atoms with van der Waals surface area (Å²) in [5.74, 6) is 1.30. The van der Waals surface area contributed by atoms with E-state index in [1.807, 2.05) is 24.3 Å². The number of hydrogen-bond acceptors (Lipinski definition) is 8. The number of para-hydroxylation sites is 1. The van der Waals surface area contributed by atoms with Crippen LogP contribution in [0, 0.1) is 10.1 Å². The van der Waals surface area contributed by atoms with Crippen LogP contribution in [0.4, 0.5) is 11.4 Å². The molecule has 0 bridgehead atoms. The molecule has 0 fully saturated rings. The molecule has 9 heteroatoms. The quantitative estimate of drug-likeness (QED) is 0.267. The third kappa shape index (κ3) is 4.14. The largest absolute Gasteiger partial charge is 0.448 e. The number of nitro benzene ring substituents is 1. The second-order valence-corrected chi connectivity index (χ2v) is 7.55. The molecule has 0 saturated heterocycles. The van der Waals surface area contributed by atoms with Crippen LogP contribution in [0.3, 0.4) is 0 Å². The van der Waals surface area contributed by atoms with E-state index in [-0.39, 0.29) is 5.69 Å². The maximum atomic E-state index is 10.9. The number of anilines is 1. The number of thioether (sulfide) groups is 1. The topological polar surface area (TPSA) is 103 Å². The van der Waals surface area contributed by atoms with Crippen molar-refractivity contribution in [2.75, 3.05) is 11.1 Å². The molecule has 0 unspecified atom stereocenters. The minimum atomic E-state index is -0.566. The zero-order valence-corrected chi connectivity index (χ0v) is 16.6. The zero-order chi connectivity index (χ0) is 20.2. The molecule has 0 saturated carbocycles. The van der Waals surface area contributed by atoms with Gasteiger partial charge in [-0.1, -0.05) is 43.3 Å². The van der Waals surface area contributed by atoms with Crippen LogP contribution in [-0.4, -0.2) is 25.9 Å². The Morgan fingerprint density at radius 3 is 2.72 bits per heavy atom. The lowest BCUT2D eigenvalue weighted by molar-refractivity contribution is -0.384. The van der Waals surface area contributed by atoms with Gasteiger partial charge in [-0.2, -0.15) is 4.98 Å². The molecular formula is C20H19N5O3S. The first-order valence-electron chi connectivity index (χ1n) is 9.30. The highest BCUT2D eigenvalue weighted by Crippen LogP contribution is 2.39. The van der Waals surface area contributed by atoms with Crippen LogP contribution in [0.25, 0.3) is 11.3 Å². The van der Waals surface area contributed by atoms with Gasteiger partial charge >= 0.3 is 0 Å². The number of rotatable bonds is 6. The van der Waals surface area contributed by atoms with Crippen molar-refractivity contribution in [1.29, 1.82) is 0 Å². The third-order valence-electron chi connectivity index (χ3n) is 4.47. The number of fused-ring (bicyclic) bond motifs is 3. The van der Waals surface area contributed by atoms with Crippen LogP contribution in [0.1, 0.15) is 31.6 Å². The van der Waals surface area contributed by atoms with Gasteiger partial charge in [0, 0.05) is 34.7 Å². The van der Waals surface area contributed by atoms with E-state index in [1.165, 1.54) is 12.1 Å². The smallest absolute Gasteiger partial charge is 0.269 e. The maximum absolute atomic E-state index is 10.9. The minimum absolute atomic E-state index is 0.0294. The molecule has 0 aliphatic carbocycles. The van der Waals surface area contributed by atoms with E-state index in [1.54, 1.807) is 23.9 Å². The van der Waals surface area contributed by atoms with Gasteiger partial charge in [0.05, 0.1) is 4.92 Å². The molecule has 2 aromatic carbocycles. The Balaban J connectivity index is 1.71. The number of nitrogens with zero attached hydrogens (tertiary/aromatic N) is 4. The van der Waals surface area contributed by atoms with Crippen molar-refractivity contribution in [3.63, 3.8) is 0 Å². The van der Waals surface area contributed by atoms with Crippen molar-refractivity contribution < 1.29 is 9.66 Å². The molecule has 148 valence electrons. The van der Waals surface area contributed by atoms with Gasteiger partial charge in [-0.3, -0.25) is 10.1 Å². The van der Waals surface area contributed by atoms with Crippen molar-refractivity contribution in [2.45, 2.75) is 31.1 Å². The van der Waals surface area contributed by atoms with E-state index < -0.39 is 11.2 Å². The molecular weight excluding hydrogens is 390 g/mol. The van der Waals surface area contributed by atoms with Gasteiger partial charge in [0.1, 0.15) is 0 Å². The van der Waals surface area contributed by atoms with Gasteiger partial charge in [-0.05, 0) is 24.6 Å². The fourth-order valence-corrected chi connectivity index (χ4v) is 3.80. The molecule has 1 aliphatic rings. The van der Waals surface area contributed by atoms with E-state index >= 15 is 0 Å². The first-order chi connectivity index (χ1) is 14.2. The second kappa shape index (κ2) is 8.44. The standard InChI is InChI=1S/C20H19N5O3S/c1-2-3-12-29-20-22-19-17(23-24-20)15-6-4-5-7-16(15)21-18(28-19)13-8-10-14(11-9-13)25(26)27/h4-11,18,21H,2-3,12H2,1H3/t18-/m0/s1.